The van der Waals surface area contributed by atoms with Crippen molar-refractivity contribution in [2.75, 3.05) is 22.9 Å². The quantitative estimate of drug-likeness (QED) is 0.250. The number of nitrogens with zero attached hydrogens (tertiary/aromatic N) is 3. The van der Waals surface area contributed by atoms with Gasteiger partial charge in [-0.1, -0.05) is 54.3 Å². The summed E-state index contributed by atoms with van der Waals surface area (Å²) in [6.07, 6.45) is 2.07. The van der Waals surface area contributed by atoms with Crippen LogP contribution in [-0.2, 0) is 6.42 Å². The summed E-state index contributed by atoms with van der Waals surface area (Å²) in [5, 5.41) is 10.6. The summed E-state index contributed by atoms with van der Waals surface area (Å²) in [7, 11) is 0. The first-order valence-electron chi connectivity index (χ1n) is 9.21. The monoisotopic (exact) mass is 427 g/mol. The first kappa shape index (κ1) is 19.2. The van der Waals surface area contributed by atoms with Crippen LogP contribution in [0.1, 0.15) is 18.2 Å². The molecule has 3 heterocycles. The number of thiophene rings is 1. The standard InChI is InChI=1S/C20H21N5S3/c1-2-12-27-19-24-17(21-11-10-15-9-6-13-26-15)16-18(25-19)28-20(23-16)22-14-7-4-3-5-8-14/h3-9,13H,2,10-12H2,1H3,(H,22,23)(H,21,24,25). The van der Waals surface area contributed by atoms with Crippen molar-refractivity contribution in [2.24, 2.45) is 0 Å². The first-order valence-corrected chi connectivity index (χ1v) is 11.9. The predicted molar refractivity (Wildman–Crippen MR) is 122 cm³/mol. The van der Waals surface area contributed by atoms with E-state index in [9.17, 15) is 0 Å². The van der Waals surface area contributed by atoms with E-state index in [-0.39, 0.29) is 0 Å². The van der Waals surface area contributed by atoms with Gasteiger partial charge in [-0.2, -0.15) is 0 Å². The van der Waals surface area contributed by atoms with E-state index in [1.807, 2.05) is 30.3 Å². The van der Waals surface area contributed by atoms with E-state index in [4.69, 9.17) is 15.0 Å². The molecule has 3 aromatic heterocycles. The summed E-state index contributed by atoms with van der Waals surface area (Å²) in [6.45, 7) is 2.99. The molecule has 8 heteroatoms. The third kappa shape index (κ3) is 4.81. The predicted octanol–water partition coefficient (Wildman–Crippen LogP) is 6.05. The Bertz CT molecular complexity index is 1020. The molecule has 0 aliphatic rings. The molecule has 0 saturated carbocycles. The highest BCUT2D eigenvalue weighted by Gasteiger charge is 2.14. The van der Waals surface area contributed by atoms with E-state index < -0.39 is 0 Å². The van der Waals surface area contributed by atoms with Crippen LogP contribution in [0, 0.1) is 0 Å². The van der Waals surface area contributed by atoms with Crippen molar-refractivity contribution in [1.29, 1.82) is 0 Å². The van der Waals surface area contributed by atoms with Gasteiger partial charge in [0, 0.05) is 22.9 Å². The number of nitrogens with one attached hydrogen (secondary N) is 2. The van der Waals surface area contributed by atoms with Crippen molar-refractivity contribution in [3.8, 4) is 0 Å². The number of rotatable bonds is 9. The highest BCUT2D eigenvalue weighted by Crippen LogP contribution is 2.32. The zero-order valence-electron chi connectivity index (χ0n) is 15.5. The lowest BCUT2D eigenvalue weighted by molar-refractivity contribution is 0.966. The van der Waals surface area contributed by atoms with Gasteiger partial charge in [-0.3, -0.25) is 0 Å². The smallest absolute Gasteiger partial charge is 0.191 e. The maximum Gasteiger partial charge on any atom is 0.191 e. The van der Waals surface area contributed by atoms with E-state index in [1.165, 1.54) is 4.88 Å². The minimum absolute atomic E-state index is 0.808. The number of thiazole rings is 1. The molecule has 5 nitrogen and oxygen atoms in total. The van der Waals surface area contributed by atoms with Gasteiger partial charge in [-0.05, 0) is 36.4 Å². The fourth-order valence-corrected chi connectivity index (χ4v) is 4.97. The maximum absolute atomic E-state index is 4.76. The average Bonchev–Trinajstić information content (AvgIpc) is 3.36. The van der Waals surface area contributed by atoms with Crippen LogP contribution in [-0.4, -0.2) is 27.2 Å². The number of thioether (sulfide) groups is 1. The van der Waals surface area contributed by atoms with Crippen LogP contribution < -0.4 is 10.6 Å². The van der Waals surface area contributed by atoms with Crippen molar-refractivity contribution in [3.63, 3.8) is 0 Å². The minimum atomic E-state index is 0.808. The van der Waals surface area contributed by atoms with E-state index in [0.717, 1.165) is 57.3 Å². The summed E-state index contributed by atoms with van der Waals surface area (Å²) in [5.41, 5.74) is 1.85. The van der Waals surface area contributed by atoms with Gasteiger partial charge >= 0.3 is 0 Å². The van der Waals surface area contributed by atoms with E-state index in [2.05, 4.69) is 35.1 Å². The van der Waals surface area contributed by atoms with Gasteiger partial charge in [0.25, 0.3) is 0 Å². The summed E-state index contributed by atoms with van der Waals surface area (Å²) in [6, 6.07) is 14.3. The third-order valence-electron chi connectivity index (χ3n) is 3.94. The molecule has 0 fully saturated rings. The molecule has 0 amide bonds. The molecule has 0 bridgehead atoms. The Labute approximate surface area is 176 Å². The normalized spacial score (nSPS) is 11.0. The number of hydrogen-bond donors (Lipinski definition) is 2. The Kier molecular flexibility index (Phi) is 6.41. The topological polar surface area (TPSA) is 62.7 Å². The van der Waals surface area contributed by atoms with Crippen molar-refractivity contribution in [2.45, 2.75) is 24.9 Å². The van der Waals surface area contributed by atoms with Crippen LogP contribution >= 0.6 is 34.4 Å². The minimum Gasteiger partial charge on any atom is -0.368 e. The van der Waals surface area contributed by atoms with Gasteiger partial charge in [0.1, 0.15) is 5.52 Å². The number of hydrogen-bond acceptors (Lipinski definition) is 8. The van der Waals surface area contributed by atoms with Crippen molar-refractivity contribution in [1.82, 2.24) is 15.0 Å². The Morgan fingerprint density at radius 3 is 2.71 bits per heavy atom. The Morgan fingerprint density at radius 2 is 1.93 bits per heavy atom. The van der Waals surface area contributed by atoms with E-state index >= 15 is 0 Å². The lowest BCUT2D eigenvalue weighted by Crippen LogP contribution is -2.07. The van der Waals surface area contributed by atoms with Crippen LogP contribution in [0.25, 0.3) is 10.3 Å². The summed E-state index contributed by atoms with van der Waals surface area (Å²) in [5.74, 6) is 1.83. The van der Waals surface area contributed by atoms with Gasteiger partial charge < -0.3 is 10.6 Å². The lowest BCUT2D eigenvalue weighted by Gasteiger charge is -2.07. The fourth-order valence-electron chi connectivity index (χ4n) is 2.64. The molecular weight excluding hydrogens is 406 g/mol. The maximum atomic E-state index is 4.76. The van der Waals surface area contributed by atoms with Crippen LogP contribution in [0.4, 0.5) is 16.6 Å². The van der Waals surface area contributed by atoms with E-state index in [1.54, 1.807) is 34.4 Å². The van der Waals surface area contributed by atoms with Crippen LogP contribution in [0.15, 0.2) is 53.0 Å². The molecule has 0 aliphatic heterocycles. The largest absolute Gasteiger partial charge is 0.368 e. The average molecular weight is 428 g/mol. The third-order valence-corrected chi connectivity index (χ3v) is 6.80. The van der Waals surface area contributed by atoms with Gasteiger partial charge in [0.15, 0.2) is 20.9 Å². The number of para-hydroxylation sites is 1. The molecular formula is C20H21N5S3. The molecule has 28 heavy (non-hydrogen) atoms. The zero-order chi connectivity index (χ0) is 19.2. The molecule has 0 unspecified atom stereocenters. The molecule has 1 aromatic carbocycles. The molecule has 0 saturated heterocycles. The molecule has 0 aliphatic carbocycles. The van der Waals surface area contributed by atoms with Gasteiger partial charge in [0.05, 0.1) is 0 Å². The Balaban J connectivity index is 1.58. The molecule has 144 valence electrons. The van der Waals surface area contributed by atoms with Gasteiger partial charge in [-0.25, -0.2) is 15.0 Å². The Hall–Kier alpha value is -2.16. The van der Waals surface area contributed by atoms with E-state index in [0.29, 0.717) is 0 Å². The molecule has 2 N–H and O–H groups in total. The molecule has 0 atom stereocenters. The molecule has 4 aromatic rings. The van der Waals surface area contributed by atoms with Crippen LogP contribution in [0.5, 0.6) is 0 Å². The number of aromatic nitrogens is 3. The first-order chi connectivity index (χ1) is 13.8. The molecule has 4 rings (SSSR count). The second-order valence-electron chi connectivity index (χ2n) is 6.12. The number of benzene rings is 1. The second-order valence-corrected chi connectivity index (χ2v) is 9.20. The van der Waals surface area contributed by atoms with Crippen LogP contribution in [0.2, 0.25) is 0 Å². The van der Waals surface area contributed by atoms with Crippen molar-refractivity contribution < 1.29 is 0 Å². The molecule has 0 spiro atoms. The second kappa shape index (κ2) is 9.36. The highest BCUT2D eigenvalue weighted by atomic mass is 32.2. The lowest BCUT2D eigenvalue weighted by atomic mass is 10.3. The van der Waals surface area contributed by atoms with Gasteiger partial charge in [0.2, 0.25) is 0 Å². The van der Waals surface area contributed by atoms with Crippen molar-refractivity contribution >= 4 is 61.4 Å². The Morgan fingerprint density at radius 1 is 1.04 bits per heavy atom. The highest BCUT2D eigenvalue weighted by molar-refractivity contribution is 7.99. The SMILES string of the molecule is CCCSc1nc(NCCc2cccs2)c2nc(Nc3ccccc3)sc2n1. The van der Waals surface area contributed by atoms with Crippen molar-refractivity contribution in [3.05, 3.63) is 52.7 Å². The number of anilines is 3. The van der Waals surface area contributed by atoms with Crippen LogP contribution in [0.3, 0.4) is 0 Å². The fraction of sp³-hybridized carbons (Fsp3) is 0.250. The number of fused-ring (bicyclic) bond motifs is 1. The summed E-state index contributed by atoms with van der Waals surface area (Å²) in [4.78, 5) is 16.5. The molecule has 0 radical (unpaired) electrons. The van der Waals surface area contributed by atoms with Gasteiger partial charge in [-0.15, -0.1) is 11.3 Å². The summed E-state index contributed by atoms with van der Waals surface area (Å²) < 4.78 is 0. The summed E-state index contributed by atoms with van der Waals surface area (Å²) >= 11 is 5.03. The zero-order valence-corrected chi connectivity index (χ0v) is 18.0.